The zero-order valence-corrected chi connectivity index (χ0v) is 23.3. The minimum absolute atomic E-state index is 0.0939. The number of carbonyl (C=O) groups excluding carboxylic acids is 2. The molecule has 0 unspecified atom stereocenters. The zero-order chi connectivity index (χ0) is 28.1. The number of carboxylic acids is 1. The average molecular weight is 590 g/mol. The molecular formula is C28H25Cl2NO7S. The minimum atomic E-state index is -4.36. The van der Waals surface area contributed by atoms with Crippen molar-refractivity contribution >= 4 is 50.9 Å². The fourth-order valence-corrected chi connectivity index (χ4v) is 7.16. The molecule has 0 atom stereocenters. The number of rotatable bonds is 6. The summed E-state index contributed by atoms with van der Waals surface area (Å²) in [6.45, 7) is 1.42. The number of Topliss-reactive ketones (excluding diaryl/α,β-unsaturated/α-hetero) is 2. The van der Waals surface area contributed by atoms with Gasteiger partial charge in [0.25, 0.3) is 0 Å². The fraction of sp³-hybridized carbons (Fsp3) is 0.321. The van der Waals surface area contributed by atoms with Gasteiger partial charge in [-0.1, -0.05) is 40.9 Å². The number of benzene rings is 2. The molecule has 11 heteroatoms. The average Bonchev–Trinajstić information content (AvgIpc) is 2.86. The van der Waals surface area contributed by atoms with E-state index in [1.54, 1.807) is 17.0 Å². The first-order valence-corrected chi connectivity index (χ1v) is 14.7. The molecule has 0 bridgehead atoms. The van der Waals surface area contributed by atoms with Crippen LogP contribution in [0, 0.1) is 6.92 Å². The maximum Gasteiger partial charge on any atom is 0.339 e. The summed E-state index contributed by atoms with van der Waals surface area (Å²) in [6.07, 6.45) is 2.33. The van der Waals surface area contributed by atoms with Crippen molar-refractivity contribution in [1.82, 2.24) is 4.90 Å². The lowest BCUT2D eigenvalue weighted by Gasteiger charge is -2.43. The maximum atomic E-state index is 13.5. The van der Waals surface area contributed by atoms with Gasteiger partial charge in [-0.05, 0) is 56.9 Å². The van der Waals surface area contributed by atoms with Crippen molar-refractivity contribution < 1.29 is 32.1 Å². The minimum Gasteiger partial charge on any atom is -0.480 e. The third kappa shape index (κ3) is 5.11. The van der Waals surface area contributed by atoms with Crippen molar-refractivity contribution in [1.29, 1.82) is 0 Å². The summed E-state index contributed by atoms with van der Waals surface area (Å²) < 4.78 is 32.2. The molecule has 0 amide bonds. The Hall–Kier alpha value is -3.14. The lowest BCUT2D eigenvalue weighted by Crippen LogP contribution is -2.41. The van der Waals surface area contributed by atoms with E-state index in [2.05, 4.69) is 0 Å². The first-order chi connectivity index (χ1) is 18.5. The standard InChI is InChI=1S/C28H25Cl2NO7S/c1-15-8-10-17(11-9-15)39(36,37)38-28-18(12-16(29)13-19(28)30)25-26-20(4-2-6-22(26)32)31(14-24(34)35)21-5-3-7-23(33)27(21)25/h8-13,25H,2-7,14H2,1H3,(H,34,35). The number of hydrogen-bond acceptors (Lipinski definition) is 7. The first-order valence-electron chi connectivity index (χ1n) is 12.5. The topological polar surface area (TPSA) is 118 Å². The normalized spacial score (nSPS) is 18.3. The molecule has 1 heterocycles. The Kier molecular flexibility index (Phi) is 7.35. The quantitative estimate of drug-likeness (QED) is 0.434. The second-order valence-corrected chi connectivity index (χ2v) is 12.2. The van der Waals surface area contributed by atoms with E-state index in [1.165, 1.54) is 24.3 Å². The van der Waals surface area contributed by atoms with Crippen LogP contribution in [-0.2, 0) is 24.5 Å². The van der Waals surface area contributed by atoms with Gasteiger partial charge in [-0.3, -0.25) is 14.4 Å². The summed E-state index contributed by atoms with van der Waals surface area (Å²) in [5.74, 6) is -2.81. The van der Waals surface area contributed by atoms with E-state index >= 15 is 0 Å². The van der Waals surface area contributed by atoms with E-state index in [0.29, 0.717) is 37.1 Å². The van der Waals surface area contributed by atoms with E-state index in [4.69, 9.17) is 27.4 Å². The monoisotopic (exact) mass is 589 g/mol. The second-order valence-electron chi connectivity index (χ2n) is 9.84. The van der Waals surface area contributed by atoms with Crippen molar-refractivity contribution in [3.63, 3.8) is 0 Å². The van der Waals surface area contributed by atoms with Gasteiger partial charge >= 0.3 is 16.1 Å². The SMILES string of the molecule is Cc1ccc(S(=O)(=O)Oc2c(Cl)cc(Cl)cc2C2C3=C(CCCC3=O)N(CC(=O)O)C3=C2C(=O)CCC3)cc1. The summed E-state index contributed by atoms with van der Waals surface area (Å²) in [5, 5.41) is 9.72. The summed E-state index contributed by atoms with van der Waals surface area (Å²) in [6, 6.07) is 8.89. The van der Waals surface area contributed by atoms with Gasteiger partial charge < -0.3 is 14.2 Å². The number of carboxylic acid groups (broad SMARTS) is 1. The first kappa shape index (κ1) is 27.4. The molecule has 1 aliphatic heterocycles. The molecule has 0 saturated heterocycles. The molecule has 0 fully saturated rings. The third-order valence-corrected chi connectivity index (χ3v) is 8.97. The molecular weight excluding hydrogens is 565 g/mol. The van der Waals surface area contributed by atoms with Gasteiger partial charge in [0.05, 0.1) is 5.02 Å². The van der Waals surface area contributed by atoms with Crippen LogP contribution < -0.4 is 4.18 Å². The highest BCUT2D eigenvalue weighted by atomic mass is 35.5. The Bertz CT molecular complexity index is 1530. The van der Waals surface area contributed by atoms with Crippen molar-refractivity contribution in [2.45, 2.75) is 56.3 Å². The molecule has 204 valence electrons. The molecule has 5 rings (SSSR count). The summed E-state index contributed by atoms with van der Waals surface area (Å²) in [4.78, 5) is 40.2. The summed E-state index contributed by atoms with van der Waals surface area (Å²) in [5.41, 5.74) is 2.59. The third-order valence-electron chi connectivity index (χ3n) is 7.23. The molecule has 0 aromatic heterocycles. The highest BCUT2D eigenvalue weighted by molar-refractivity contribution is 7.87. The van der Waals surface area contributed by atoms with Crippen LogP contribution in [0.25, 0.3) is 0 Å². The van der Waals surface area contributed by atoms with E-state index in [9.17, 15) is 27.9 Å². The number of ketones is 2. The molecule has 2 aromatic carbocycles. The predicted octanol–water partition coefficient (Wildman–Crippen LogP) is 5.57. The molecule has 2 aliphatic carbocycles. The number of carbonyl (C=O) groups is 3. The molecule has 0 radical (unpaired) electrons. The molecule has 0 saturated carbocycles. The van der Waals surface area contributed by atoms with Crippen LogP contribution in [0.3, 0.4) is 0 Å². The second kappa shape index (κ2) is 10.4. The molecule has 3 aliphatic rings. The Morgan fingerprint density at radius 1 is 0.974 bits per heavy atom. The van der Waals surface area contributed by atoms with E-state index in [0.717, 1.165) is 5.56 Å². The lowest BCUT2D eigenvalue weighted by molar-refractivity contribution is -0.138. The number of allylic oxidation sites excluding steroid dienone is 4. The van der Waals surface area contributed by atoms with Gasteiger partial charge in [0, 0.05) is 51.9 Å². The van der Waals surface area contributed by atoms with Crippen molar-refractivity contribution in [2.24, 2.45) is 0 Å². The number of aryl methyl sites for hydroxylation is 1. The number of nitrogens with zero attached hydrogens (tertiary/aromatic N) is 1. The van der Waals surface area contributed by atoms with Crippen LogP contribution in [0.2, 0.25) is 10.0 Å². The summed E-state index contributed by atoms with van der Waals surface area (Å²) >= 11 is 12.9. The zero-order valence-electron chi connectivity index (χ0n) is 21.0. The Labute approximate surface area is 236 Å². The van der Waals surface area contributed by atoms with Crippen molar-refractivity contribution in [3.8, 4) is 5.75 Å². The lowest BCUT2D eigenvalue weighted by atomic mass is 9.70. The van der Waals surface area contributed by atoms with Crippen LogP contribution in [0.1, 0.15) is 55.6 Å². The van der Waals surface area contributed by atoms with Crippen LogP contribution in [0.4, 0.5) is 0 Å². The van der Waals surface area contributed by atoms with Crippen LogP contribution in [0.5, 0.6) is 5.75 Å². The molecule has 0 spiro atoms. The fourth-order valence-electron chi connectivity index (χ4n) is 5.60. The molecule has 39 heavy (non-hydrogen) atoms. The summed E-state index contributed by atoms with van der Waals surface area (Å²) in [7, 11) is -4.36. The van der Waals surface area contributed by atoms with E-state index in [-0.39, 0.29) is 61.8 Å². The van der Waals surface area contributed by atoms with Gasteiger partial charge in [-0.2, -0.15) is 8.42 Å². The highest BCUT2D eigenvalue weighted by Crippen LogP contribution is 2.52. The Morgan fingerprint density at radius 2 is 1.54 bits per heavy atom. The largest absolute Gasteiger partial charge is 0.480 e. The molecule has 2 aromatic rings. The number of aliphatic carboxylic acids is 1. The maximum absolute atomic E-state index is 13.5. The van der Waals surface area contributed by atoms with Crippen molar-refractivity contribution in [2.75, 3.05) is 6.54 Å². The van der Waals surface area contributed by atoms with Crippen LogP contribution in [0.15, 0.2) is 63.8 Å². The van der Waals surface area contributed by atoms with E-state index < -0.39 is 28.6 Å². The van der Waals surface area contributed by atoms with Gasteiger partial charge in [0.2, 0.25) is 0 Å². The van der Waals surface area contributed by atoms with Crippen LogP contribution in [-0.4, -0.2) is 42.5 Å². The smallest absolute Gasteiger partial charge is 0.339 e. The van der Waals surface area contributed by atoms with Gasteiger partial charge in [0.1, 0.15) is 11.4 Å². The number of hydrogen-bond donors (Lipinski definition) is 1. The Morgan fingerprint density at radius 3 is 2.08 bits per heavy atom. The highest BCUT2D eigenvalue weighted by Gasteiger charge is 2.45. The Balaban J connectivity index is 1.75. The number of halogens is 2. The molecule has 8 nitrogen and oxygen atoms in total. The molecule has 1 N–H and O–H groups in total. The van der Waals surface area contributed by atoms with Gasteiger partial charge in [-0.25, -0.2) is 0 Å². The van der Waals surface area contributed by atoms with E-state index in [1.807, 2.05) is 6.92 Å². The predicted molar refractivity (Wildman–Crippen MR) is 144 cm³/mol. The van der Waals surface area contributed by atoms with Crippen molar-refractivity contribution in [3.05, 3.63) is 80.1 Å². The van der Waals surface area contributed by atoms with Gasteiger partial charge in [-0.15, -0.1) is 0 Å². The van der Waals surface area contributed by atoms with Gasteiger partial charge in [0.15, 0.2) is 17.3 Å². The van der Waals surface area contributed by atoms with Crippen LogP contribution >= 0.6 is 23.2 Å².